The van der Waals surface area contributed by atoms with E-state index in [0.717, 1.165) is 6.42 Å². The van der Waals surface area contributed by atoms with Gasteiger partial charge >= 0.3 is 5.97 Å². The van der Waals surface area contributed by atoms with E-state index in [1.54, 1.807) is 7.05 Å². The Morgan fingerprint density at radius 1 is 1.53 bits per heavy atom. The van der Waals surface area contributed by atoms with Crippen molar-refractivity contribution in [3.63, 3.8) is 0 Å². The third-order valence-electron chi connectivity index (χ3n) is 2.44. The van der Waals surface area contributed by atoms with Crippen LogP contribution in [0.4, 0.5) is 5.95 Å². The molecule has 0 radical (unpaired) electrons. The van der Waals surface area contributed by atoms with Gasteiger partial charge < -0.3 is 10.4 Å². The number of rotatable bonds is 7. The number of aliphatic carboxylic acids is 1. The van der Waals surface area contributed by atoms with E-state index in [1.165, 1.54) is 4.68 Å². The lowest BCUT2D eigenvalue weighted by Gasteiger charge is -2.17. The first kappa shape index (κ1) is 13.4. The summed E-state index contributed by atoms with van der Waals surface area (Å²) >= 11 is 0. The fraction of sp³-hybridized carbons (Fsp3) is 0.800. The van der Waals surface area contributed by atoms with Crippen LogP contribution in [0.3, 0.4) is 0 Å². The lowest BCUT2D eigenvalue weighted by molar-refractivity contribution is -0.138. The van der Waals surface area contributed by atoms with Crippen LogP contribution in [0.25, 0.3) is 0 Å². The molecule has 7 heteroatoms. The second-order valence-electron chi connectivity index (χ2n) is 4.60. The molecule has 1 rings (SSSR count). The van der Waals surface area contributed by atoms with Gasteiger partial charge in [-0.05, 0) is 28.7 Å². The maximum Gasteiger partial charge on any atom is 0.303 e. The van der Waals surface area contributed by atoms with Crippen LogP contribution in [-0.2, 0) is 11.8 Å². The summed E-state index contributed by atoms with van der Waals surface area (Å²) in [5, 5.41) is 22.9. The molecule has 0 aliphatic heterocycles. The SMILES string of the molecule is CC(C)CC(CNc1nnnn1C)CC(=O)O. The molecule has 0 aliphatic rings. The molecule has 1 atom stereocenters. The second-order valence-corrected chi connectivity index (χ2v) is 4.60. The fourth-order valence-electron chi connectivity index (χ4n) is 1.77. The highest BCUT2D eigenvalue weighted by Crippen LogP contribution is 2.16. The molecule has 0 saturated heterocycles. The number of carboxylic acid groups (broad SMARTS) is 1. The van der Waals surface area contributed by atoms with Crippen molar-refractivity contribution < 1.29 is 9.90 Å². The number of hydrogen-bond acceptors (Lipinski definition) is 5. The van der Waals surface area contributed by atoms with Crippen LogP contribution in [0.15, 0.2) is 0 Å². The van der Waals surface area contributed by atoms with E-state index >= 15 is 0 Å². The third-order valence-corrected chi connectivity index (χ3v) is 2.44. The minimum atomic E-state index is -0.770. The van der Waals surface area contributed by atoms with Gasteiger partial charge in [0.05, 0.1) is 0 Å². The lowest BCUT2D eigenvalue weighted by Crippen LogP contribution is -2.21. The summed E-state index contributed by atoms with van der Waals surface area (Å²) < 4.78 is 1.52. The summed E-state index contributed by atoms with van der Waals surface area (Å²) in [4.78, 5) is 10.7. The van der Waals surface area contributed by atoms with Crippen LogP contribution in [0, 0.1) is 11.8 Å². The number of carboxylic acids is 1. The topological polar surface area (TPSA) is 92.9 Å². The molecular formula is C10H19N5O2. The van der Waals surface area contributed by atoms with Gasteiger partial charge in [-0.25, -0.2) is 4.68 Å². The maximum atomic E-state index is 10.7. The smallest absolute Gasteiger partial charge is 0.303 e. The Morgan fingerprint density at radius 2 is 2.24 bits per heavy atom. The van der Waals surface area contributed by atoms with E-state index in [2.05, 4.69) is 34.7 Å². The van der Waals surface area contributed by atoms with E-state index in [9.17, 15) is 4.79 Å². The summed E-state index contributed by atoms with van der Waals surface area (Å²) in [7, 11) is 1.73. The van der Waals surface area contributed by atoms with Crippen molar-refractivity contribution in [1.29, 1.82) is 0 Å². The number of nitrogens with zero attached hydrogens (tertiary/aromatic N) is 4. The van der Waals surface area contributed by atoms with Crippen LogP contribution in [-0.4, -0.2) is 37.8 Å². The van der Waals surface area contributed by atoms with Gasteiger partial charge in [-0.1, -0.05) is 18.9 Å². The quantitative estimate of drug-likeness (QED) is 0.732. The van der Waals surface area contributed by atoms with Crippen molar-refractivity contribution in [3.05, 3.63) is 0 Å². The van der Waals surface area contributed by atoms with Gasteiger partial charge in [-0.15, -0.1) is 0 Å². The van der Waals surface area contributed by atoms with Crippen molar-refractivity contribution in [1.82, 2.24) is 20.2 Å². The molecule has 0 spiro atoms. The molecule has 1 unspecified atom stereocenters. The van der Waals surface area contributed by atoms with E-state index in [4.69, 9.17) is 5.11 Å². The first-order valence-corrected chi connectivity index (χ1v) is 5.67. The largest absolute Gasteiger partial charge is 0.481 e. The van der Waals surface area contributed by atoms with Crippen LogP contribution >= 0.6 is 0 Å². The Hall–Kier alpha value is -1.66. The van der Waals surface area contributed by atoms with Crippen LogP contribution < -0.4 is 5.32 Å². The average Bonchev–Trinajstić information content (AvgIpc) is 2.59. The Morgan fingerprint density at radius 3 is 2.71 bits per heavy atom. The van der Waals surface area contributed by atoms with Crippen LogP contribution in [0.2, 0.25) is 0 Å². The molecule has 96 valence electrons. The van der Waals surface area contributed by atoms with Gasteiger partial charge in [-0.2, -0.15) is 0 Å². The van der Waals surface area contributed by atoms with Crippen LogP contribution in [0.5, 0.6) is 0 Å². The second kappa shape index (κ2) is 6.17. The molecule has 0 amide bonds. The summed E-state index contributed by atoms with van der Waals surface area (Å²) in [5.74, 6) is 0.348. The van der Waals surface area contributed by atoms with Crippen molar-refractivity contribution in [2.75, 3.05) is 11.9 Å². The molecule has 0 saturated carbocycles. The van der Waals surface area contributed by atoms with Gasteiger partial charge in [0, 0.05) is 20.0 Å². The average molecular weight is 241 g/mol. The molecule has 17 heavy (non-hydrogen) atoms. The molecule has 7 nitrogen and oxygen atoms in total. The fourth-order valence-corrected chi connectivity index (χ4v) is 1.77. The molecule has 0 aliphatic carbocycles. The van der Waals surface area contributed by atoms with E-state index < -0.39 is 5.97 Å². The number of carbonyl (C=O) groups is 1. The summed E-state index contributed by atoms with van der Waals surface area (Å²) in [6.45, 7) is 4.73. The molecular weight excluding hydrogens is 222 g/mol. The minimum Gasteiger partial charge on any atom is -0.481 e. The molecule has 1 aromatic rings. The number of aryl methyl sites for hydroxylation is 1. The summed E-state index contributed by atoms with van der Waals surface area (Å²) in [5.41, 5.74) is 0. The molecule has 2 N–H and O–H groups in total. The Kier molecular flexibility index (Phi) is 4.86. The van der Waals surface area contributed by atoms with Gasteiger partial charge in [0.15, 0.2) is 0 Å². The molecule has 0 aromatic carbocycles. The van der Waals surface area contributed by atoms with Crippen molar-refractivity contribution in [2.45, 2.75) is 26.7 Å². The number of tetrazole rings is 1. The predicted octanol–water partition coefficient (Wildman–Crippen LogP) is 0.759. The highest BCUT2D eigenvalue weighted by molar-refractivity contribution is 5.67. The third kappa shape index (κ3) is 4.80. The zero-order chi connectivity index (χ0) is 12.8. The maximum absolute atomic E-state index is 10.7. The van der Waals surface area contributed by atoms with Crippen molar-refractivity contribution in [2.24, 2.45) is 18.9 Å². The Bertz CT molecular complexity index is 363. The zero-order valence-electron chi connectivity index (χ0n) is 10.4. The van der Waals surface area contributed by atoms with Crippen molar-refractivity contribution in [3.8, 4) is 0 Å². The highest BCUT2D eigenvalue weighted by Gasteiger charge is 2.15. The van der Waals surface area contributed by atoms with Gasteiger partial charge in [0.1, 0.15) is 0 Å². The summed E-state index contributed by atoms with van der Waals surface area (Å²) in [6, 6.07) is 0. The Labute approximate surface area is 100 Å². The van der Waals surface area contributed by atoms with Gasteiger partial charge in [0.25, 0.3) is 0 Å². The van der Waals surface area contributed by atoms with Crippen molar-refractivity contribution >= 4 is 11.9 Å². The van der Waals surface area contributed by atoms with Crippen LogP contribution in [0.1, 0.15) is 26.7 Å². The monoisotopic (exact) mass is 241 g/mol. The Balaban J connectivity index is 2.48. The zero-order valence-corrected chi connectivity index (χ0v) is 10.4. The summed E-state index contributed by atoms with van der Waals surface area (Å²) in [6.07, 6.45) is 1.03. The molecule has 0 bridgehead atoms. The first-order chi connectivity index (χ1) is 7.99. The molecule has 0 fully saturated rings. The number of anilines is 1. The van der Waals surface area contributed by atoms with Gasteiger partial charge in [-0.3, -0.25) is 4.79 Å². The van der Waals surface area contributed by atoms with E-state index in [1.807, 2.05) is 0 Å². The van der Waals surface area contributed by atoms with E-state index in [-0.39, 0.29) is 12.3 Å². The first-order valence-electron chi connectivity index (χ1n) is 5.67. The predicted molar refractivity (Wildman–Crippen MR) is 62.5 cm³/mol. The van der Waals surface area contributed by atoms with Gasteiger partial charge in [0.2, 0.25) is 5.95 Å². The highest BCUT2D eigenvalue weighted by atomic mass is 16.4. The standard InChI is InChI=1S/C10H19N5O2/c1-7(2)4-8(5-9(16)17)6-11-10-12-13-14-15(10)3/h7-8H,4-6H2,1-3H3,(H,16,17)(H,11,12,14). The number of aromatic nitrogens is 4. The molecule has 1 aromatic heterocycles. The lowest BCUT2D eigenvalue weighted by atomic mass is 9.94. The number of hydrogen-bond donors (Lipinski definition) is 2. The van der Waals surface area contributed by atoms with E-state index in [0.29, 0.717) is 18.4 Å². The molecule has 1 heterocycles. The normalized spacial score (nSPS) is 12.7. The minimum absolute atomic E-state index is 0.0872. The number of nitrogens with one attached hydrogen (secondary N) is 1.